The van der Waals surface area contributed by atoms with E-state index >= 15 is 0 Å². The second kappa shape index (κ2) is 3.69. The second-order valence-electron chi connectivity index (χ2n) is 6.61. The van der Waals surface area contributed by atoms with Crippen molar-refractivity contribution in [3.8, 4) is 0 Å². The third-order valence-electron chi connectivity index (χ3n) is 5.24. The minimum absolute atomic E-state index is 0.203. The molecule has 3 nitrogen and oxygen atoms in total. The second-order valence-corrected chi connectivity index (χ2v) is 6.61. The summed E-state index contributed by atoms with van der Waals surface area (Å²) >= 11 is 0. The monoisotopic (exact) mass is 248 g/mol. The van der Waals surface area contributed by atoms with Crippen molar-refractivity contribution in [1.29, 1.82) is 0 Å². The smallest absolute Gasteiger partial charge is 0.330 e. The Morgan fingerprint density at radius 3 is 2.33 bits per heavy atom. The molecule has 0 spiro atoms. The van der Waals surface area contributed by atoms with Crippen LogP contribution in [0.1, 0.15) is 45.4 Å². The number of esters is 1. The van der Waals surface area contributed by atoms with Gasteiger partial charge in [0.15, 0.2) is 0 Å². The van der Waals surface area contributed by atoms with Crippen molar-refractivity contribution in [3.05, 3.63) is 12.7 Å². The number of carbonyl (C=O) groups excluding carboxylic acids is 2. The molecule has 4 fully saturated rings. The Morgan fingerprint density at radius 1 is 1.22 bits per heavy atom. The molecule has 4 rings (SSSR count). The van der Waals surface area contributed by atoms with Crippen LogP contribution in [0.25, 0.3) is 0 Å². The zero-order chi connectivity index (χ0) is 13.0. The van der Waals surface area contributed by atoms with Gasteiger partial charge in [-0.2, -0.15) is 0 Å². The zero-order valence-electron chi connectivity index (χ0n) is 10.9. The number of Topliss-reactive ketones (excluding diaryl/α,β-unsaturated/α-hetero) is 1. The molecule has 0 N–H and O–H groups in total. The summed E-state index contributed by atoms with van der Waals surface area (Å²) < 4.78 is 5.67. The summed E-state index contributed by atoms with van der Waals surface area (Å²) in [6.45, 7) is 5.17. The van der Waals surface area contributed by atoms with E-state index in [4.69, 9.17) is 4.74 Å². The fourth-order valence-electron chi connectivity index (χ4n) is 4.96. The number of hydrogen-bond donors (Lipinski definition) is 0. The number of ether oxygens (including phenoxy) is 1. The maximum Gasteiger partial charge on any atom is 0.330 e. The number of carbonyl (C=O) groups is 2. The van der Waals surface area contributed by atoms with Crippen LogP contribution in [0.4, 0.5) is 0 Å². The molecule has 3 heteroatoms. The van der Waals surface area contributed by atoms with Gasteiger partial charge in [0, 0.05) is 11.5 Å². The van der Waals surface area contributed by atoms with Crippen LogP contribution in [0.2, 0.25) is 0 Å². The van der Waals surface area contributed by atoms with Crippen molar-refractivity contribution in [2.24, 2.45) is 17.3 Å². The standard InChI is InChI=1S/C15H20O3/c1-3-13(17)18-15-7-11-4-12(8-15)6-14(5-11,9-15)10(2)16/h3,11-12H,1,4-9H2,2H3. The first-order valence-electron chi connectivity index (χ1n) is 6.83. The number of hydrogen-bond acceptors (Lipinski definition) is 3. The summed E-state index contributed by atoms with van der Waals surface area (Å²) in [5, 5.41) is 0. The topological polar surface area (TPSA) is 43.4 Å². The molecule has 0 aromatic carbocycles. The molecule has 18 heavy (non-hydrogen) atoms. The van der Waals surface area contributed by atoms with Crippen molar-refractivity contribution < 1.29 is 14.3 Å². The zero-order valence-corrected chi connectivity index (χ0v) is 10.9. The summed E-state index contributed by atoms with van der Waals surface area (Å²) in [6, 6.07) is 0. The largest absolute Gasteiger partial charge is 0.456 e. The fraction of sp³-hybridized carbons (Fsp3) is 0.733. The van der Waals surface area contributed by atoms with Gasteiger partial charge in [-0.05, 0) is 57.3 Å². The van der Waals surface area contributed by atoms with Gasteiger partial charge in [0.05, 0.1) is 0 Å². The predicted molar refractivity (Wildman–Crippen MR) is 66.8 cm³/mol. The average Bonchev–Trinajstić information content (AvgIpc) is 2.26. The van der Waals surface area contributed by atoms with Gasteiger partial charge in [-0.1, -0.05) is 6.58 Å². The molecule has 2 atom stereocenters. The Morgan fingerprint density at radius 2 is 1.83 bits per heavy atom. The molecule has 0 radical (unpaired) electrons. The van der Waals surface area contributed by atoms with E-state index in [0.29, 0.717) is 11.8 Å². The van der Waals surface area contributed by atoms with Crippen LogP contribution < -0.4 is 0 Å². The normalized spacial score (nSPS) is 44.7. The quantitative estimate of drug-likeness (QED) is 0.569. The van der Waals surface area contributed by atoms with Gasteiger partial charge in [0.25, 0.3) is 0 Å². The molecule has 0 aromatic rings. The molecule has 4 aliphatic rings. The molecule has 98 valence electrons. The van der Waals surface area contributed by atoms with Crippen LogP contribution in [0.5, 0.6) is 0 Å². The van der Waals surface area contributed by atoms with E-state index in [1.54, 1.807) is 6.92 Å². The van der Waals surface area contributed by atoms with Gasteiger partial charge in [-0.25, -0.2) is 4.79 Å². The summed E-state index contributed by atoms with van der Waals surface area (Å²) in [5.41, 5.74) is -0.577. The van der Waals surface area contributed by atoms with Crippen molar-refractivity contribution >= 4 is 11.8 Å². The van der Waals surface area contributed by atoms with Crippen molar-refractivity contribution in [2.45, 2.75) is 51.0 Å². The maximum atomic E-state index is 12.0. The Bertz CT molecular complexity index is 409. The first kappa shape index (κ1) is 11.9. The summed E-state index contributed by atoms with van der Waals surface area (Å²) in [7, 11) is 0. The summed E-state index contributed by atoms with van der Waals surface area (Å²) in [4.78, 5) is 23.6. The molecule has 0 saturated heterocycles. The van der Waals surface area contributed by atoms with Crippen molar-refractivity contribution in [2.75, 3.05) is 0 Å². The van der Waals surface area contributed by atoms with Crippen LogP contribution in [0.3, 0.4) is 0 Å². The van der Waals surface area contributed by atoms with E-state index in [2.05, 4.69) is 6.58 Å². The molecule has 4 aliphatic carbocycles. The highest BCUT2D eigenvalue weighted by molar-refractivity contribution is 5.84. The Hall–Kier alpha value is -1.12. The first-order chi connectivity index (χ1) is 8.47. The highest BCUT2D eigenvalue weighted by Gasteiger charge is 2.61. The molecule has 0 aliphatic heterocycles. The molecular weight excluding hydrogens is 228 g/mol. The molecule has 4 bridgehead atoms. The third-order valence-corrected chi connectivity index (χ3v) is 5.24. The van der Waals surface area contributed by atoms with E-state index in [0.717, 1.165) is 32.1 Å². The lowest BCUT2D eigenvalue weighted by molar-refractivity contribution is -0.198. The predicted octanol–water partition coefficient (Wildman–Crippen LogP) is 2.64. The summed E-state index contributed by atoms with van der Waals surface area (Å²) in [5.74, 6) is 1.08. The fourth-order valence-corrected chi connectivity index (χ4v) is 4.96. The first-order valence-corrected chi connectivity index (χ1v) is 6.83. The van der Waals surface area contributed by atoms with Gasteiger partial charge in [0.1, 0.15) is 11.4 Å². The van der Waals surface area contributed by atoms with Crippen LogP contribution in [0.15, 0.2) is 12.7 Å². The molecule has 4 saturated carbocycles. The van der Waals surface area contributed by atoms with Gasteiger partial charge >= 0.3 is 5.97 Å². The highest BCUT2D eigenvalue weighted by Crippen LogP contribution is 2.63. The van der Waals surface area contributed by atoms with Crippen molar-refractivity contribution in [3.63, 3.8) is 0 Å². The molecular formula is C15H20O3. The van der Waals surface area contributed by atoms with E-state index < -0.39 is 0 Å². The molecule has 0 aromatic heterocycles. The molecule has 0 heterocycles. The number of ketones is 1. The van der Waals surface area contributed by atoms with Gasteiger partial charge in [0.2, 0.25) is 0 Å². The van der Waals surface area contributed by atoms with Gasteiger partial charge in [-0.15, -0.1) is 0 Å². The van der Waals surface area contributed by atoms with Crippen LogP contribution in [-0.4, -0.2) is 17.4 Å². The SMILES string of the molecule is C=CC(=O)OC12CC3CC(C1)CC(C(C)=O)(C3)C2. The highest BCUT2D eigenvalue weighted by atomic mass is 16.6. The average molecular weight is 248 g/mol. The van der Waals surface area contributed by atoms with Gasteiger partial charge in [-0.3, -0.25) is 4.79 Å². The third kappa shape index (κ3) is 1.63. The molecule has 2 unspecified atom stereocenters. The van der Waals surface area contributed by atoms with E-state index in [1.807, 2.05) is 0 Å². The Kier molecular flexibility index (Phi) is 2.45. The van der Waals surface area contributed by atoms with E-state index in [9.17, 15) is 9.59 Å². The van der Waals surface area contributed by atoms with E-state index in [-0.39, 0.29) is 22.8 Å². The lowest BCUT2D eigenvalue weighted by atomic mass is 9.47. The van der Waals surface area contributed by atoms with Crippen molar-refractivity contribution in [1.82, 2.24) is 0 Å². The minimum Gasteiger partial charge on any atom is -0.456 e. The minimum atomic E-state index is -0.374. The lowest BCUT2D eigenvalue weighted by Crippen LogP contribution is -2.59. The summed E-state index contributed by atoms with van der Waals surface area (Å²) in [6.07, 6.45) is 7.08. The van der Waals surface area contributed by atoms with Crippen LogP contribution >= 0.6 is 0 Å². The molecule has 0 amide bonds. The van der Waals surface area contributed by atoms with Gasteiger partial charge < -0.3 is 4.74 Å². The van der Waals surface area contributed by atoms with E-state index in [1.165, 1.54) is 12.5 Å². The van der Waals surface area contributed by atoms with Crippen LogP contribution in [-0.2, 0) is 14.3 Å². The number of rotatable bonds is 3. The Balaban J connectivity index is 1.91. The lowest BCUT2D eigenvalue weighted by Gasteiger charge is -2.60. The maximum absolute atomic E-state index is 12.0. The van der Waals surface area contributed by atoms with Crippen LogP contribution in [0, 0.1) is 17.3 Å². The Labute approximate surface area is 108 Å².